The summed E-state index contributed by atoms with van der Waals surface area (Å²) in [6, 6.07) is 2.88. The molecule has 0 atom stereocenters. The van der Waals surface area contributed by atoms with Gasteiger partial charge in [0.25, 0.3) is 5.91 Å². The minimum Gasteiger partial charge on any atom is -0.478 e. The molecule has 0 bridgehead atoms. The van der Waals surface area contributed by atoms with Gasteiger partial charge in [-0.1, -0.05) is 6.42 Å². The van der Waals surface area contributed by atoms with Gasteiger partial charge in [0, 0.05) is 12.7 Å². The van der Waals surface area contributed by atoms with Gasteiger partial charge in [-0.3, -0.25) is 9.78 Å². The molecule has 6 heteroatoms. The van der Waals surface area contributed by atoms with Crippen molar-refractivity contribution in [1.29, 1.82) is 0 Å². The number of carboxylic acids is 1. The monoisotopic (exact) mass is 282 g/mol. The van der Waals surface area contributed by atoms with Gasteiger partial charge >= 0.3 is 5.97 Å². The number of thioether (sulfide) groups is 1. The highest BCUT2D eigenvalue weighted by molar-refractivity contribution is 7.98. The number of hydrogen-bond acceptors (Lipinski definition) is 4. The summed E-state index contributed by atoms with van der Waals surface area (Å²) in [5, 5.41) is 11.7. The second-order valence-corrected chi connectivity index (χ2v) is 5.00. The largest absolute Gasteiger partial charge is 0.478 e. The molecule has 0 unspecified atom stereocenters. The molecule has 1 amide bonds. The molecule has 1 heterocycles. The lowest BCUT2D eigenvalue weighted by Gasteiger charge is -2.06. The van der Waals surface area contributed by atoms with Crippen LogP contribution in [0.2, 0.25) is 0 Å². The highest BCUT2D eigenvalue weighted by atomic mass is 32.2. The third-order valence-corrected chi connectivity index (χ3v) is 3.26. The number of hydrogen-bond donors (Lipinski definition) is 2. The lowest BCUT2D eigenvalue weighted by Crippen LogP contribution is -2.27. The zero-order chi connectivity index (χ0) is 14.1. The van der Waals surface area contributed by atoms with Crippen LogP contribution in [-0.4, -0.2) is 40.5 Å². The van der Waals surface area contributed by atoms with E-state index in [1.807, 2.05) is 0 Å². The van der Waals surface area contributed by atoms with Crippen molar-refractivity contribution in [2.75, 3.05) is 18.6 Å². The van der Waals surface area contributed by atoms with E-state index >= 15 is 0 Å². The normalized spacial score (nSPS) is 10.2. The van der Waals surface area contributed by atoms with Gasteiger partial charge in [0.1, 0.15) is 5.69 Å². The predicted octanol–water partition coefficient (Wildman–Crippen LogP) is 2.04. The van der Waals surface area contributed by atoms with Crippen molar-refractivity contribution in [2.45, 2.75) is 19.3 Å². The number of aromatic carboxylic acids is 1. The van der Waals surface area contributed by atoms with Crippen LogP contribution in [0.15, 0.2) is 18.3 Å². The van der Waals surface area contributed by atoms with E-state index in [4.69, 9.17) is 5.11 Å². The van der Waals surface area contributed by atoms with Crippen LogP contribution in [0.3, 0.4) is 0 Å². The molecule has 0 fully saturated rings. The molecule has 0 aliphatic rings. The fourth-order valence-corrected chi connectivity index (χ4v) is 2.09. The average molecular weight is 282 g/mol. The molecule has 104 valence electrons. The summed E-state index contributed by atoms with van der Waals surface area (Å²) >= 11 is 1.81. The Kier molecular flexibility index (Phi) is 6.95. The molecule has 0 aliphatic carbocycles. The number of nitrogens with one attached hydrogen (secondary N) is 1. The van der Waals surface area contributed by atoms with Gasteiger partial charge < -0.3 is 10.4 Å². The van der Waals surface area contributed by atoms with E-state index in [-0.39, 0.29) is 11.3 Å². The number of rotatable bonds is 8. The number of aromatic nitrogens is 1. The van der Waals surface area contributed by atoms with Crippen LogP contribution in [0, 0.1) is 0 Å². The molecule has 0 aromatic carbocycles. The summed E-state index contributed by atoms with van der Waals surface area (Å²) in [4.78, 5) is 26.6. The van der Waals surface area contributed by atoms with Crippen LogP contribution in [0.5, 0.6) is 0 Å². The Morgan fingerprint density at radius 1 is 1.37 bits per heavy atom. The molecule has 0 saturated heterocycles. The molecular weight excluding hydrogens is 264 g/mol. The predicted molar refractivity (Wildman–Crippen MR) is 75.8 cm³/mol. The van der Waals surface area contributed by atoms with Gasteiger partial charge in [-0.25, -0.2) is 4.79 Å². The Labute approximate surface area is 116 Å². The molecule has 1 aromatic heterocycles. The highest BCUT2D eigenvalue weighted by Gasteiger charge is 2.16. The van der Waals surface area contributed by atoms with Gasteiger partial charge in [0.2, 0.25) is 0 Å². The van der Waals surface area contributed by atoms with Crippen LogP contribution < -0.4 is 5.32 Å². The first-order chi connectivity index (χ1) is 9.16. The van der Waals surface area contributed by atoms with E-state index in [9.17, 15) is 9.59 Å². The number of carboxylic acid groups (broad SMARTS) is 1. The first-order valence-corrected chi connectivity index (χ1v) is 7.51. The highest BCUT2D eigenvalue weighted by Crippen LogP contribution is 2.06. The zero-order valence-corrected chi connectivity index (χ0v) is 11.7. The average Bonchev–Trinajstić information content (AvgIpc) is 2.42. The van der Waals surface area contributed by atoms with Gasteiger partial charge in [0.05, 0.1) is 5.56 Å². The number of carbonyl (C=O) groups excluding carboxylic acids is 1. The van der Waals surface area contributed by atoms with Crippen molar-refractivity contribution in [2.24, 2.45) is 0 Å². The molecule has 2 N–H and O–H groups in total. The van der Waals surface area contributed by atoms with Gasteiger partial charge in [-0.05, 0) is 37.0 Å². The van der Waals surface area contributed by atoms with Gasteiger partial charge in [-0.2, -0.15) is 11.8 Å². The van der Waals surface area contributed by atoms with Crippen molar-refractivity contribution in [3.8, 4) is 0 Å². The Morgan fingerprint density at radius 2 is 2.16 bits per heavy atom. The molecule has 19 heavy (non-hydrogen) atoms. The van der Waals surface area contributed by atoms with Crippen molar-refractivity contribution >= 4 is 23.6 Å². The number of pyridine rings is 1. The maximum atomic E-state index is 11.8. The van der Waals surface area contributed by atoms with Crippen LogP contribution in [0.1, 0.15) is 40.1 Å². The third-order valence-electron chi connectivity index (χ3n) is 2.56. The Bertz CT molecular complexity index is 438. The zero-order valence-electron chi connectivity index (χ0n) is 10.9. The van der Waals surface area contributed by atoms with Crippen molar-refractivity contribution < 1.29 is 14.7 Å². The van der Waals surface area contributed by atoms with Crippen molar-refractivity contribution in [3.63, 3.8) is 0 Å². The molecule has 0 spiro atoms. The smallest absolute Gasteiger partial charge is 0.338 e. The van der Waals surface area contributed by atoms with Crippen molar-refractivity contribution in [1.82, 2.24) is 10.3 Å². The number of unbranched alkanes of at least 4 members (excludes halogenated alkanes) is 2. The number of amides is 1. The van der Waals surface area contributed by atoms with Crippen LogP contribution >= 0.6 is 11.8 Å². The topological polar surface area (TPSA) is 79.3 Å². The third kappa shape index (κ3) is 5.30. The Balaban J connectivity index is 2.43. The lowest BCUT2D eigenvalue weighted by atomic mass is 10.2. The molecule has 5 nitrogen and oxygen atoms in total. The van der Waals surface area contributed by atoms with E-state index in [2.05, 4.69) is 16.6 Å². The van der Waals surface area contributed by atoms with E-state index in [1.165, 1.54) is 18.3 Å². The summed E-state index contributed by atoms with van der Waals surface area (Å²) in [5.74, 6) is -0.446. The standard InChI is InChI=1S/C13H18N2O3S/c1-19-9-4-2-3-7-15-12(16)11-10(13(17)18)6-5-8-14-11/h5-6,8H,2-4,7,9H2,1H3,(H,15,16)(H,17,18). The summed E-state index contributed by atoms with van der Waals surface area (Å²) in [6.07, 6.45) is 6.55. The Hall–Kier alpha value is -1.56. The minimum atomic E-state index is -1.14. The van der Waals surface area contributed by atoms with Gasteiger partial charge in [0.15, 0.2) is 0 Å². The fraction of sp³-hybridized carbons (Fsp3) is 0.462. The second-order valence-electron chi connectivity index (χ2n) is 4.01. The van der Waals surface area contributed by atoms with Crippen LogP contribution in [0.4, 0.5) is 0 Å². The molecule has 0 aliphatic heterocycles. The summed E-state index contributed by atoms with van der Waals surface area (Å²) in [7, 11) is 0. The van der Waals surface area contributed by atoms with E-state index in [0.29, 0.717) is 6.54 Å². The van der Waals surface area contributed by atoms with E-state index < -0.39 is 11.9 Å². The number of nitrogens with zero attached hydrogens (tertiary/aromatic N) is 1. The number of carbonyl (C=O) groups is 2. The Morgan fingerprint density at radius 3 is 2.84 bits per heavy atom. The first-order valence-electron chi connectivity index (χ1n) is 6.12. The summed E-state index contributed by atoms with van der Waals surface area (Å²) in [5.41, 5.74) is -0.0958. The quantitative estimate of drug-likeness (QED) is 0.713. The SMILES string of the molecule is CSCCCCCNC(=O)c1ncccc1C(=O)O. The van der Waals surface area contributed by atoms with Crippen molar-refractivity contribution in [3.05, 3.63) is 29.6 Å². The van der Waals surface area contributed by atoms with Crippen LogP contribution in [0.25, 0.3) is 0 Å². The first kappa shape index (κ1) is 15.5. The second kappa shape index (κ2) is 8.53. The van der Waals surface area contributed by atoms with E-state index in [1.54, 1.807) is 11.8 Å². The minimum absolute atomic E-state index is 0.0286. The molecular formula is C13H18N2O3S. The molecule has 0 radical (unpaired) electrons. The van der Waals surface area contributed by atoms with Gasteiger partial charge in [-0.15, -0.1) is 0 Å². The summed E-state index contributed by atoms with van der Waals surface area (Å²) < 4.78 is 0. The molecule has 1 rings (SSSR count). The summed E-state index contributed by atoms with van der Waals surface area (Å²) in [6.45, 7) is 0.544. The fourth-order valence-electron chi connectivity index (χ4n) is 1.59. The maximum Gasteiger partial charge on any atom is 0.338 e. The maximum absolute atomic E-state index is 11.8. The van der Waals surface area contributed by atoms with Crippen LogP contribution in [-0.2, 0) is 0 Å². The molecule has 0 saturated carbocycles. The van der Waals surface area contributed by atoms with E-state index in [0.717, 1.165) is 25.0 Å². The molecule has 1 aromatic rings. The lowest BCUT2D eigenvalue weighted by molar-refractivity contribution is 0.0690.